The topological polar surface area (TPSA) is 28.2 Å². The van der Waals surface area contributed by atoms with Crippen molar-refractivity contribution in [3.8, 4) is 0 Å². The number of piperidine rings is 1. The van der Waals surface area contributed by atoms with Crippen molar-refractivity contribution in [1.29, 1.82) is 0 Å². The Morgan fingerprint density at radius 3 is 2.95 bits per heavy atom. The number of aromatic nitrogens is 1. The number of rotatable bonds is 6. The van der Waals surface area contributed by atoms with E-state index in [2.05, 4.69) is 37.9 Å². The van der Waals surface area contributed by atoms with Gasteiger partial charge in [0.05, 0.1) is 12.2 Å². The fourth-order valence-corrected chi connectivity index (χ4v) is 3.74. The van der Waals surface area contributed by atoms with E-state index in [0.29, 0.717) is 6.04 Å². The zero-order valence-electron chi connectivity index (χ0n) is 13.4. The van der Waals surface area contributed by atoms with Crippen molar-refractivity contribution < 1.29 is 0 Å². The third-order valence-electron chi connectivity index (χ3n) is 4.44. The van der Waals surface area contributed by atoms with Crippen LogP contribution >= 0.6 is 11.3 Å². The van der Waals surface area contributed by atoms with Crippen LogP contribution in [0.4, 0.5) is 0 Å². The molecule has 1 saturated heterocycles. The van der Waals surface area contributed by atoms with E-state index in [4.69, 9.17) is 4.98 Å². The minimum atomic E-state index is 0.585. The highest BCUT2D eigenvalue weighted by atomic mass is 32.1. The number of hydrogen-bond acceptors (Lipinski definition) is 4. The normalized spacial score (nSPS) is 22.1. The van der Waals surface area contributed by atoms with Crippen LogP contribution in [0.5, 0.6) is 0 Å². The first kappa shape index (κ1) is 15.9. The van der Waals surface area contributed by atoms with Gasteiger partial charge in [-0.2, -0.15) is 0 Å². The number of likely N-dealkylation sites (tertiary alicyclic amines) is 1. The molecule has 1 aromatic rings. The van der Waals surface area contributed by atoms with Gasteiger partial charge in [-0.1, -0.05) is 13.3 Å². The van der Waals surface area contributed by atoms with E-state index in [1.54, 1.807) is 0 Å². The molecule has 1 fully saturated rings. The molecule has 1 aromatic heterocycles. The Bertz CT molecular complexity index is 416. The van der Waals surface area contributed by atoms with Crippen LogP contribution in [0.3, 0.4) is 0 Å². The van der Waals surface area contributed by atoms with Crippen LogP contribution in [-0.2, 0) is 13.1 Å². The zero-order valence-corrected chi connectivity index (χ0v) is 14.2. The monoisotopic (exact) mass is 295 g/mol. The van der Waals surface area contributed by atoms with Crippen LogP contribution in [0.2, 0.25) is 0 Å². The van der Waals surface area contributed by atoms with Gasteiger partial charge < -0.3 is 5.32 Å². The number of thiazole rings is 1. The Labute approximate surface area is 127 Å². The summed E-state index contributed by atoms with van der Waals surface area (Å²) >= 11 is 1.89. The number of nitrogens with zero attached hydrogens (tertiary/aromatic N) is 2. The Morgan fingerprint density at radius 1 is 1.45 bits per heavy atom. The van der Waals surface area contributed by atoms with E-state index in [0.717, 1.165) is 19.1 Å². The highest BCUT2D eigenvalue weighted by Crippen LogP contribution is 2.23. The second-order valence-corrected chi connectivity index (χ2v) is 7.29. The van der Waals surface area contributed by atoms with Crippen LogP contribution in [0.15, 0.2) is 0 Å². The fraction of sp³-hybridized carbons (Fsp3) is 0.812. The molecule has 1 aliphatic rings. The van der Waals surface area contributed by atoms with Gasteiger partial charge in [0, 0.05) is 23.5 Å². The van der Waals surface area contributed by atoms with Gasteiger partial charge in [0.1, 0.15) is 5.01 Å². The van der Waals surface area contributed by atoms with Crippen LogP contribution in [0, 0.1) is 6.92 Å². The third-order valence-corrected chi connectivity index (χ3v) is 5.58. The summed E-state index contributed by atoms with van der Waals surface area (Å²) < 4.78 is 0. The van der Waals surface area contributed by atoms with E-state index in [9.17, 15) is 0 Å². The lowest BCUT2D eigenvalue weighted by Gasteiger charge is -2.32. The van der Waals surface area contributed by atoms with Crippen molar-refractivity contribution in [2.24, 2.45) is 0 Å². The molecule has 1 N–H and O–H groups in total. The molecule has 0 spiro atoms. The maximum absolute atomic E-state index is 4.78. The van der Waals surface area contributed by atoms with E-state index in [1.165, 1.54) is 47.8 Å². The zero-order chi connectivity index (χ0) is 14.5. The summed E-state index contributed by atoms with van der Waals surface area (Å²) in [5.74, 6) is 0. The van der Waals surface area contributed by atoms with Crippen LogP contribution in [0.25, 0.3) is 0 Å². The summed E-state index contributed by atoms with van der Waals surface area (Å²) in [4.78, 5) is 8.78. The Hall–Kier alpha value is -0.450. The van der Waals surface area contributed by atoms with Crippen molar-refractivity contribution in [2.75, 3.05) is 6.54 Å². The van der Waals surface area contributed by atoms with Gasteiger partial charge in [-0.25, -0.2) is 4.98 Å². The van der Waals surface area contributed by atoms with Gasteiger partial charge in [-0.15, -0.1) is 11.3 Å². The molecule has 0 aliphatic carbocycles. The summed E-state index contributed by atoms with van der Waals surface area (Å²) in [6.45, 7) is 12.2. The van der Waals surface area contributed by atoms with Crippen LogP contribution in [-0.4, -0.2) is 28.5 Å². The molecule has 0 radical (unpaired) electrons. The Balaban J connectivity index is 1.92. The average molecular weight is 295 g/mol. The van der Waals surface area contributed by atoms with Crippen molar-refractivity contribution >= 4 is 11.3 Å². The molecule has 2 unspecified atom stereocenters. The van der Waals surface area contributed by atoms with Crippen molar-refractivity contribution in [1.82, 2.24) is 15.2 Å². The summed E-state index contributed by atoms with van der Waals surface area (Å²) in [5, 5.41) is 4.86. The highest BCUT2D eigenvalue weighted by molar-refractivity contribution is 7.11. The van der Waals surface area contributed by atoms with Crippen LogP contribution < -0.4 is 5.32 Å². The minimum absolute atomic E-state index is 0.585. The molecule has 2 heterocycles. The van der Waals surface area contributed by atoms with Crippen molar-refractivity contribution in [3.05, 3.63) is 15.6 Å². The van der Waals surface area contributed by atoms with E-state index in [1.807, 2.05) is 11.3 Å². The standard InChI is InChI=1S/C16H29N3S/c1-5-12(2)17-10-15-14(4)18-16(20-15)11-19-9-7-6-8-13(19)3/h12-13,17H,5-11H2,1-4H3. The maximum atomic E-state index is 4.78. The molecular formula is C16H29N3S. The predicted molar refractivity (Wildman–Crippen MR) is 87.2 cm³/mol. The summed E-state index contributed by atoms with van der Waals surface area (Å²) in [6.07, 6.45) is 5.25. The summed E-state index contributed by atoms with van der Waals surface area (Å²) in [7, 11) is 0. The first-order valence-electron chi connectivity index (χ1n) is 8.02. The molecule has 0 bridgehead atoms. The SMILES string of the molecule is CCC(C)NCc1sc(CN2CCCCC2C)nc1C. The molecule has 20 heavy (non-hydrogen) atoms. The minimum Gasteiger partial charge on any atom is -0.309 e. The number of nitrogens with one attached hydrogen (secondary N) is 1. The average Bonchev–Trinajstić information content (AvgIpc) is 2.79. The van der Waals surface area contributed by atoms with Crippen molar-refractivity contribution in [3.63, 3.8) is 0 Å². The van der Waals surface area contributed by atoms with Gasteiger partial charge in [0.15, 0.2) is 0 Å². The smallest absolute Gasteiger partial charge is 0.107 e. The second kappa shape index (κ2) is 7.53. The number of aryl methyl sites for hydroxylation is 1. The molecule has 0 amide bonds. The molecule has 2 atom stereocenters. The lowest BCUT2D eigenvalue weighted by molar-refractivity contribution is 0.152. The molecule has 3 nitrogen and oxygen atoms in total. The second-order valence-electron chi connectivity index (χ2n) is 6.12. The van der Waals surface area contributed by atoms with Gasteiger partial charge in [-0.05, 0) is 46.6 Å². The lowest BCUT2D eigenvalue weighted by atomic mass is 10.0. The van der Waals surface area contributed by atoms with E-state index in [-0.39, 0.29) is 0 Å². The maximum Gasteiger partial charge on any atom is 0.107 e. The van der Waals surface area contributed by atoms with Gasteiger partial charge in [0.25, 0.3) is 0 Å². The molecule has 4 heteroatoms. The third kappa shape index (κ3) is 4.27. The summed E-state index contributed by atoms with van der Waals surface area (Å²) in [6, 6.07) is 1.30. The number of hydrogen-bond donors (Lipinski definition) is 1. The van der Waals surface area contributed by atoms with Crippen LogP contribution in [0.1, 0.15) is 62.0 Å². The largest absolute Gasteiger partial charge is 0.309 e. The first-order chi connectivity index (χ1) is 9.60. The molecule has 114 valence electrons. The van der Waals surface area contributed by atoms with Crippen molar-refractivity contribution in [2.45, 2.75) is 78.6 Å². The van der Waals surface area contributed by atoms with Gasteiger partial charge >= 0.3 is 0 Å². The van der Waals surface area contributed by atoms with Gasteiger partial charge in [-0.3, -0.25) is 4.90 Å². The predicted octanol–water partition coefficient (Wildman–Crippen LogP) is 3.71. The Morgan fingerprint density at radius 2 is 2.25 bits per heavy atom. The molecular weight excluding hydrogens is 266 g/mol. The van der Waals surface area contributed by atoms with Gasteiger partial charge in [0.2, 0.25) is 0 Å². The molecule has 2 rings (SSSR count). The molecule has 0 saturated carbocycles. The highest BCUT2D eigenvalue weighted by Gasteiger charge is 2.20. The fourth-order valence-electron chi connectivity index (χ4n) is 2.70. The molecule has 1 aliphatic heterocycles. The lowest BCUT2D eigenvalue weighted by Crippen LogP contribution is -2.36. The van der Waals surface area contributed by atoms with E-state index < -0.39 is 0 Å². The summed E-state index contributed by atoms with van der Waals surface area (Å²) in [5.41, 5.74) is 1.21. The quantitative estimate of drug-likeness (QED) is 0.867. The van der Waals surface area contributed by atoms with E-state index >= 15 is 0 Å². The molecule has 0 aromatic carbocycles. The Kier molecular flexibility index (Phi) is 6.00. The first-order valence-corrected chi connectivity index (χ1v) is 8.84.